The number of benzene rings is 1. The van der Waals surface area contributed by atoms with Gasteiger partial charge in [-0.05, 0) is 25.3 Å². The van der Waals surface area contributed by atoms with Crippen molar-refractivity contribution in [3.05, 3.63) is 35.9 Å². The Bertz CT molecular complexity index is 350. The third kappa shape index (κ3) is 2.54. The third-order valence-electron chi connectivity index (χ3n) is 2.99. The lowest BCUT2D eigenvalue weighted by molar-refractivity contribution is 0.0944. The summed E-state index contributed by atoms with van der Waals surface area (Å²) in [6, 6.07) is 10.1. The summed E-state index contributed by atoms with van der Waals surface area (Å²) in [5.74, 6) is 0. The molecule has 0 aromatic heterocycles. The molecular formula is C13H17NO2. The summed E-state index contributed by atoms with van der Waals surface area (Å²) in [7, 11) is 0. The highest BCUT2D eigenvalue weighted by molar-refractivity contribution is 5.68. The van der Waals surface area contributed by atoms with Crippen LogP contribution in [-0.4, -0.2) is 23.6 Å². The molecule has 1 atom stereocenters. The summed E-state index contributed by atoms with van der Waals surface area (Å²) in [5.41, 5.74) is 1.03. The molecule has 0 unspecified atom stereocenters. The van der Waals surface area contributed by atoms with Crippen LogP contribution < -0.4 is 0 Å². The Hall–Kier alpha value is -1.51. The van der Waals surface area contributed by atoms with E-state index in [0.29, 0.717) is 12.6 Å². The molecule has 3 heteroatoms. The zero-order chi connectivity index (χ0) is 11.4. The number of nitrogens with zero attached hydrogens (tertiary/aromatic N) is 1. The molecule has 1 fully saturated rings. The maximum atomic E-state index is 11.7. The molecule has 1 amide bonds. The summed E-state index contributed by atoms with van der Waals surface area (Å²) in [6.07, 6.45) is 1.98. The van der Waals surface area contributed by atoms with Crippen LogP contribution in [-0.2, 0) is 11.3 Å². The predicted molar refractivity (Wildman–Crippen MR) is 62.0 cm³/mol. The lowest BCUT2D eigenvalue weighted by Crippen LogP contribution is -2.33. The zero-order valence-corrected chi connectivity index (χ0v) is 9.56. The molecule has 86 valence electrons. The van der Waals surface area contributed by atoms with Crippen molar-refractivity contribution in [3.8, 4) is 0 Å². The van der Waals surface area contributed by atoms with E-state index in [0.717, 1.165) is 24.9 Å². The molecule has 1 aromatic carbocycles. The molecule has 0 aliphatic carbocycles. The van der Waals surface area contributed by atoms with Crippen LogP contribution in [0.3, 0.4) is 0 Å². The van der Waals surface area contributed by atoms with Gasteiger partial charge in [-0.3, -0.25) is 0 Å². The van der Waals surface area contributed by atoms with E-state index in [9.17, 15) is 4.79 Å². The van der Waals surface area contributed by atoms with Crippen molar-refractivity contribution >= 4 is 6.09 Å². The van der Waals surface area contributed by atoms with Crippen molar-refractivity contribution in [1.29, 1.82) is 0 Å². The van der Waals surface area contributed by atoms with Crippen molar-refractivity contribution in [3.63, 3.8) is 0 Å². The van der Waals surface area contributed by atoms with Crippen molar-refractivity contribution in [2.24, 2.45) is 0 Å². The number of carbonyl (C=O) groups is 1. The van der Waals surface area contributed by atoms with Gasteiger partial charge >= 0.3 is 6.09 Å². The average Bonchev–Trinajstić information content (AvgIpc) is 2.74. The van der Waals surface area contributed by atoms with Gasteiger partial charge in [-0.2, -0.15) is 0 Å². The zero-order valence-electron chi connectivity index (χ0n) is 9.56. The summed E-state index contributed by atoms with van der Waals surface area (Å²) < 4.78 is 5.27. The van der Waals surface area contributed by atoms with E-state index in [2.05, 4.69) is 6.92 Å². The lowest BCUT2D eigenvalue weighted by atomic mass is 10.2. The average molecular weight is 219 g/mol. The minimum absolute atomic E-state index is 0.186. The summed E-state index contributed by atoms with van der Waals surface area (Å²) >= 11 is 0. The molecule has 1 aliphatic heterocycles. The minimum Gasteiger partial charge on any atom is -0.445 e. The Morgan fingerprint density at radius 1 is 1.44 bits per heavy atom. The first-order valence-corrected chi connectivity index (χ1v) is 5.74. The van der Waals surface area contributed by atoms with E-state index in [4.69, 9.17) is 4.74 Å². The van der Waals surface area contributed by atoms with Gasteiger partial charge in [-0.25, -0.2) is 4.79 Å². The Labute approximate surface area is 96.0 Å². The first kappa shape index (κ1) is 11.0. The van der Waals surface area contributed by atoms with Crippen LogP contribution in [0.2, 0.25) is 0 Å². The number of hydrogen-bond donors (Lipinski definition) is 0. The van der Waals surface area contributed by atoms with Gasteiger partial charge in [0.25, 0.3) is 0 Å². The largest absolute Gasteiger partial charge is 0.445 e. The predicted octanol–water partition coefficient (Wildman–Crippen LogP) is 2.81. The first-order valence-electron chi connectivity index (χ1n) is 5.74. The van der Waals surface area contributed by atoms with Crippen molar-refractivity contribution < 1.29 is 9.53 Å². The molecule has 1 heterocycles. The van der Waals surface area contributed by atoms with Crippen molar-refractivity contribution in [2.75, 3.05) is 6.54 Å². The standard InChI is InChI=1S/C13H17NO2/c1-11-6-5-9-14(11)13(15)16-10-12-7-3-2-4-8-12/h2-4,7-8,11H,5-6,9-10H2,1H3/t11-/m1/s1. The Balaban J connectivity index is 1.84. The van der Waals surface area contributed by atoms with Crippen LogP contribution in [0.4, 0.5) is 4.79 Å². The Morgan fingerprint density at radius 3 is 2.81 bits per heavy atom. The first-order chi connectivity index (χ1) is 7.77. The maximum Gasteiger partial charge on any atom is 0.410 e. The van der Waals surface area contributed by atoms with Gasteiger partial charge in [0, 0.05) is 12.6 Å². The topological polar surface area (TPSA) is 29.5 Å². The summed E-state index contributed by atoms with van der Waals surface area (Å²) in [5, 5.41) is 0. The van der Waals surface area contributed by atoms with E-state index in [1.807, 2.05) is 35.2 Å². The minimum atomic E-state index is -0.186. The molecule has 0 radical (unpaired) electrons. The fourth-order valence-electron chi connectivity index (χ4n) is 2.01. The molecule has 1 saturated heterocycles. The van der Waals surface area contributed by atoms with Crippen molar-refractivity contribution in [1.82, 2.24) is 4.90 Å². The van der Waals surface area contributed by atoms with Crippen LogP contribution in [0.25, 0.3) is 0 Å². The lowest BCUT2D eigenvalue weighted by Gasteiger charge is -2.20. The van der Waals surface area contributed by atoms with Gasteiger partial charge in [0.05, 0.1) is 0 Å². The number of ether oxygens (including phenoxy) is 1. The van der Waals surface area contributed by atoms with Crippen LogP contribution in [0.5, 0.6) is 0 Å². The molecule has 0 saturated carbocycles. The molecule has 1 aromatic rings. The van der Waals surface area contributed by atoms with Crippen LogP contribution >= 0.6 is 0 Å². The molecule has 0 N–H and O–H groups in total. The Morgan fingerprint density at radius 2 is 2.19 bits per heavy atom. The van der Waals surface area contributed by atoms with Gasteiger partial charge < -0.3 is 9.64 Å². The second-order valence-corrected chi connectivity index (χ2v) is 4.22. The van der Waals surface area contributed by atoms with E-state index in [1.165, 1.54) is 0 Å². The van der Waals surface area contributed by atoms with Crippen molar-refractivity contribution in [2.45, 2.75) is 32.4 Å². The Kier molecular flexibility index (Phi) is 3.44. The van der Waals surface area contributed by atoms with E-state index < -0.39 is 0 Å². The highest BCUT2D eigenvalue weighted by Gasteiger charge is 2.25. The van der Waals surface area contributed by atoms with Gasteiger partial charge in [0.15, 0.2) is 0 Å². The quantitative estimate of drug-likeness (QED) is 0.765. The van der Waals surface area contributed by atoms with Crippen LogP contribution in [0, 0.1) is 0 Å². The van der Waals surface area contributed by atoms with E-state index in [-0.39, 0.29) is 6.09 Å². The number of likely N-dealkylation sites (tertiary alicyclic amines) is 1. The molecule has 16 heavy (non-hydrogen) atoms. The van der Waals surface area contributed by atoms with Gasteiger partial charge in [-0.1, -0.05) is 30.3 Å². The van der Waals surface area contributed by atoms with E-state index in [1.54, 1.807) is 0 Å². The smallest absolute Gasteiger partial charge is 0.410 e. The number of hydrogen-bond acceptors (Lipinski definition) is 2. The van der Waals surface area contributed by atoms with Crippen LogP contribution in [0.15, 0.2) is 30.3 Å². The third-order valence-corrected chi connectivity index (χ3v) is 2.99. The van der Waals surface area contributed by atoms with E-state index >= 15 is 0 Å². The number of rotatable bonds is 2. The molecule has 0 bridgehead atoms. The molecule has 1 aliphatic rings. The second-order valence-electron chi connectivity index (χ2n) is 4.22. The maximum absolute atomic E-state index is 11.7. The molecule has 2 rings (SSSR count). The highest BCUT2D eigenvalue weighted by atomic mass is 16.6. The number of amides is 1. The fourth-order valence-corrected chi connectivity index (χ4v) is 2.01. The molecular weight excluding hydrogens is 202 g/mol. The fraction of sp³-hybridized carbons (Fsp3) is 0.462. The molecule has 0 spiro atoms. The van der Waals surface area contributed by atoms with Gasteiger partial charge in [0.2, 0.25) is 0 Å². The van der Waals surface area contributed by atoms with Gasteiger partial charge in [0.1, 0.15) is 6.61 Å². The monoisotopic (exact) mass is 219 g/mol. The summed E-state index contributed by atoms with van der Waals surface area (Å²) in [6.45, 7) is 3.26. The SMILES string of the molecule is C[C@@H]1CCCN1C(=O)OCc1ccccc1. The normalized spacial score (nSPS) is 19.8. The second kappa shape index (κ2) is 5.01. The summed E-state index contributed by atoms with van der Waals surface area (Å²) in [4.78, 5) is 13.5. The van der Waals surface area contributed by atoms with Crippen LogP contribution in [0.1, 0.15) is 25.3 Å². The molecule has 3 nitrogen and oxygen atoms in total. The highest BCUT2D eigenvalue weighted by Crippen LogP contribution is 2.17. The van der Waals surface area contributed by atoms with Gasteiger partial charge in [-0.15, -0.1) is 0 Å². The number of carbonyl (C=O) groups excluding carboxylic acids is 1.